The third-order valence-corrected chi connectivity index (χ3v) is 9.66. The van der Waals surface area contributed by atoms with Gasteiger partial charge in [-0.1, -0.05) is 103 Å². The van der Waals surface area contributed by atoms with Crippen LogP contribution >= 0.6 is 0 Å². The highest BCUT2D eigenvalue weighted by Gasteiger charge is 2.41. The van der Waals surface area contributed by atoms with Crippen molar-refractivity contribution >= 4 is 17.3 Å². The molecule has 46 heavy (non-hydrogen) atoms. The molecule has 0 bridgehead atoms. The van der Waals surface area contributed by atoms with Crippen LogP contribution in [-0.4, -0.2) is 55.1 Å². The lowest BCUT2D eigenvalue weighted by molar-refractivity contribution is -0.120. The average Bonchev–Trinajstić information content (AvgIpc) is 3.24. The molecule has 1 N–H and O–H groups in total. The van der Waals surface area contributed by atoms with Crippen molar-refractivity contribution in [2.24, 2.45) is 0 Å². The van der Waals surface area contributed by atoms with E-state index < -0.39 is 5.54 Å². The van der Waals surface area contributed by atoms with E-state index in [1.165, 1.54) is 16.8 Å². The van der Waals surface area contributed by atoms with Crippen LogP contribution in [-0.2, 0) is 23.3 Å². The zero-order valence-electron chi connectivity index (χ0n) is 26.4. The highest BCUT2D eigenvalue weighted by Crippen LogP contribution is 2.39. The quantitative estimate of drug-likeness (QED) is 0.211. The Bertz CT molecular complexity index is 1640. The Morgan fingerprint density at radius 2 is 1.30 bits per heavy atom. The highest BCUT2D eigenvalue weighted by atomic mass is 16.2. The molecular weight excluding hydrogens is 566 g/mol. The van der Waals surface area contributed by atoms with E-state index >= 15 is 0 Å². The maximum absolute atomic E-state index is 14.4. The molecule has 1 unspecified atom stereocenters. The summed E-state index contributed by atoms with van der Waals surface area (Å²) in [5, 5.41) is 3.96. The van der Waals surface area contributed by atoms with Gasteiger partial charge in [0.05, 0.1) is 11.6 Å². The Labute approximate surface area is 272 Å². The van der Waals surface area contributed by atoms with Crippen LogP contribution < -0.4 is 15.1 Å². The summed E-state index contributed by atoms with van der Waals surface area (Å²) in [6.07, 6.45) is 5.25. The van der Waals surface area contributed by atoms with Crippen molar-refractivity contribution in [1.82, 2.24) is 15.2 Å². The molecule has 2 aliphatic rings. The summed E-state index contributed by atoms with van der Waals surface area (Å²) in [5.74, 6) is 0.0917. The Morgan fingerprint density at radius 3 is 1.87 bits per heavy atom. The zero-order chi connectivity index (χ0) is 31.3. The molecule has 1 fully saturated rings. The number of aryl methyl sites for hydroxylation is 1. The Balaban J connectivity index is 1.14. The minimum atomic E-state index is -0.703. The predicted octanol–water partition coefficient (Wildman–Crippen LogP) is 6.26. The summed E-state index contributed by atoms with van der Waals surface area (Å²) in [6, 6.07) is 42.1. The summed E-state index contributed by atoms with van der Waals surface area (Å²) in [5.41, 5.74) is 7.34. The van der Waals surface area contributed by atoms with Crippen LogP contribution in [0.15, 0.2) is 134 Å². The Hall–Kier alpha value is -4.78. The number of carbonyl (C=O) groups is 1. The fourth-order valence-corrected chi connectivity index (χ4v) is 7.19. The molecule has 0 aliphatic carbocycles. The molecule has 0 saturated carbocycles. The standard InChI is InChI=1S/C40H41N5O/c1-43-38-29-31(30-44-25-27-45(28-26-44)36-21-23-41-24-22-36)17-18-32(38)19-20-37(39(43)46)42-40(33-11-5-2-6-12-33,34-13-7-3-8-14-34)35-15-9-4-10-16-35/h2-18,21-24,29,37,42H,19-20,25-28,30H2,1H3. The maximum Gasteiger partial charge on any atom is 0.243 e. The lowest BCUT2D eigenvalue weighted by Crippen LogP contribution is -2.55. The summed E-state index contributed by atoms with van der Waals surface area (Å²) in [4.78, 5) is 25.4. The average molecular weight is 608 g/mol. The largest absolute Gasteiger partial charge is 0.369 e. The number of amides is 1. The third kappa shape index (κ3) is 5.94. The summed E-state index contributed by atoms with van der Waals surface area (Å²) >= 11 is 0. The number of benzene rings is 4. The van der Waals surface area contributed by atoms with Gasteiger partial charge in [0.15, 0.2) is 0 Å². The van der Waals surface area contributed by atoms with Crippen molar-refractivity contribution in [2.45, 2.75) is 31.0 Å². The molecule has 0 radical (unpaired) electrons. The van der Waals surface area contributed by atoms with E-state index in [0.29, 0.717) is 6.42 Å². The molecule has 7 rings (SSSR count). The van der Waals surface area contributed by atoms with Crippen molar-refractivity contribution in [1.29, 1.82) is 0 Å². The van der Waals surface area contributed by atoms with Gasteiger partial charge in [-0.25, -0.2) is 0 Å². The number of aromatic nitrogens is 1. The van der Waals surface area contributed by atoms with Crippen LogP contribution in [0, 0.1) is 0 Å². The second-order valence-corrected chi connectivity index (χ2v) is 12.4. The Morgan fingerprint density at radius 1 is 0.739 bits per heavy atom. The SMILES string of the molecule is CN1C(=O)C(NC(c2ccccc2)(c2ccccc2)c2ccccc2)CCc2ccc(CN3CCN(c4ccncc4)CC3)cc21. The first kappa shape index (κ1) is 29.9. The first-order chi connectivity index (χ1) is 22.6. The van der Waals surface area contributed by atoms with Crippen molar-refractivity contribution in [3.8, 4) is 0 Å². The van der Waals surface area contributed by atoms with E-state index in [0.717, 1.165) is 61.5 Å². The number of hydrogen-bond donors (Lipinski definition) is 1. The van der Waals surface area contributed by atoms with Gasteiger partial charge in [-0.05, 0) is 58.9 Å². The molecule has 6 heteroatoms. The molecule has 0 spiro atoms. The molecule has 1 aromatic heterocycles. The lowest BCUT2D eigenvalue weighted by Gasteiger charge is -2.40. The molecule has 232 valence electrons. The van der Waals surface area contributed by atoms with E-state index in [1.807, 2.05) is 42.5 Å². The van der Waals surface area contributed by atoms with E-state index in [9.17, 15) is 4.79 Å². The Kier molecular flexibility index (Phi) is 8.64. The first-order valence-electron chi connectivity index (χ1n) is 16.3. The topological polar surface area (TPSA) is 51.7 Å². The number of nitrogens with one attached hydrogen (secondary N) is 1. The minimum absolute atomic E-state index is 0.0917. The van der Waals surface area contributed by atoms with Crippen molar-refractivity contribution in [2.75, 3.05) is 43.0 Å². The number of rotatable bonds is 8. The van der Waals surface area contributed by atoms with Gasteiger partial charge >= 0.3 is 0 Å². The number of piperazine rings is 1. The first-order valence-corrected chi connectivity index (χ1v) is 16.3. The van der Waals surface area contributed by atoms with Crippen LogP contribution in [0.25, 0.3) is 0 Å². The van der Waals surface area contributed by atoms with Crippen molar-refractivity contribution in [3.05, 3.63) is 162 Å². The number of nitrogens with zero attached hydrogens (tertiary/aromatic N) is 4. The molecule has 1 saturated heterocycles. The van der Waals surface area contributed by atoms with Gasteiger partial charge in [-0.2, -0.15) is 0 Å². The summed E-state index contributed by atoms with van der Waals surface area (Å²) in [6.45, 7) is 4.86. The summed E-state index contributed by atoms with van der Waals surface area (Å²) < 4.78 is 0. The van der Waals surface area contributed by atoms with Crippen molar-refractivity contribution < 1.29 is 4.79 Å². The highest BCUT2D eigenvalue weighted by molar-refractivity contribution is 5.98. The zero-order valence-corrected chi connectivity index (χ0v) is 26.4. The number of hydrogen-bond acceptors (Lipinski definition) is 5. The van der Waals surface area contributed by atoms with E-state index in [-0.39, 0.29) is 11.9 Å². The van der Waals surface area contributed by atoms with Crippen molar-refractivity contribution in [3.63, 3.8) is 0 Å². The number of pyridine rings is 1. The van der Waals surface area contributed by atoms with Crippen LogP contribution in [0.5, 0.6) is 0 Å². The molecule has 3 heterocycles. The van der Waals surface area contributed by atoms with Crippen LogP contribution in [0.3, 0.4) is 0 Å². The molecule has 5 aromatic rings. The third-order valence-electron chi connectivity index (χ3n) is 9.66. The molecule has 1 atom stereocenters. The maximum atomic E-state index is 14.4. The van der Waals surface area contributed by atoms with Gasteiger partial charge in [0.2, 0.25) is 5.91 Å². The van der Waals surface area contributed by atoms with Gasteiger partial charge in [-0.3, -0.25) is 20.0 Å². The fraction of sp³-hybridized carbons (Fsp3) is 0.250. The van der Waals surface area contributed by atoms with Crippen LogP contribution in [0.4, 0.5) is 11.4 Å². The fourth-order valence-electron chi connectivity index (χ4n) is 7.19. The van der Waals surface area contributed by atoms with Gasteiger partial charge < -0.3 is 9.80 Å². The normalized spacial score (nSPS) is 17.4. The predicted molar refractivity (Wildman–Crippen MR) is 186 cm³/mol. The van der Waals surface area contributed by atoms with Gasteiger partial charge in [0.1, 0.15) is 0 Å². The van der Waals surface area contributed by atoms with Gasteiger partial charge in [0.25, 0.3) is 0 Å². The molecule has 1 amide bonds. The molecule has 6 nitrogen and oxygen atoms in total. The number of carbonyl (C=O) groups excluding carboxylic acids is 1. The van der Waals surface area contributed by atoms with Gasteiger partial charge in [-0.15, -0.1) is 0 Å². The molecule has 2 aliphatic heterocycles. The number of fused-ring (bicyclic) bond motifs is 1. The monoisotopic (exact) mass is 607 g/mol. The smallest absolute Gasteiger partial charge is 0.243 e. The second-order valence-electron chi connectivity index (χ2n) is 12.4. The number of anilines is 2. The van der Waals surface area contributed by atoms with Crippen LogP contribution in [0.1, 0.15) is 34.2 Å². The van der Waals surface area contributed by atoms with Gasteiger partial charge in [0, 0.05) is 63.5 Å². The summed E-state index contributed by atoms with van der Waals surface area (Å²) in [7, 11) is 1.94. The lowest BCUT2D eigenvalue weighted by atomic mass is 9.76. The minimum Gasteiger partial charge on any atom is -0.369 e. The van der Waals surface area contributed by atoms with Crippen LogP contribution in [0.2, 0.25) is 0 Å². The van der Waals surface area contributed by atoms with E-state index in [4.69, 9.17) is 0 Å². The van der Waals surface area contributed by atoms with E-state index in [2.05, 4.69) is 123 Å². The van der Waals surface area contributed by atoms with E-state index in [1.54, 1.807) is 0 Å². The second kappa shape index (κ2) is 13.3. The number of likely N-dealkylation sites (N-methyl/N-ethyl adjacent to an activating group) is 1. The molecule has 4 aromatic carbocycles. The molecular formula is C40H41N5O.